The van der Waals surface area contributed by atoms with Gasteiger partial charge in [0.25, 0.3) is 5.56 Å². The van der Waals surface area contributed by atoms with E-state index in [9.17, 15) is 4.79 Å². The summed E-state index contributed by atoms with van der Waals surface area (Å²) in [4.78, 5) is 26.9. The fraction of sp³-hybridized carbons (Fsp3) is 0.280. The van der Waals surface area contributed by atoms with Crippen LogP contribution in [0.4, 0.5) is 17.3 Å². The zero-order valence-corrected chi connectivity index (χ0v) is 19.2. The van der Waals surface area contributed by atoms with Crippen molar-refractivity contribution < 1.29 is 4.52 Å². The summed E-state index contributed by atoms with van der Waals surface area (Å²) in [6.07, 6.45) is 10.5. The highest BCUT2D eigenvalue weighted by Crippen LogP contribution is 2.23. The number of nitrogens with zero attached hydrogens (tertiary/aromatic N) is 6. The van der Waals surface area contributed by atoms with Gasteiger partial charge in [0.2, 0.25) is 5.95 Å². The van der Waals surface area contributed by atoms with Crippen molar-refractivity contribution in [2.45, 2.75) is 13.5 Å². The normalized spacial score (nSPS) is 14.3. The molecule has 4 aromatic rings. The summed E-state index contributed by atoms with van der Waals surface area (Å²) < 4.78 is 6.50. The summed E-state index contributed by atoms with van der Waals surface area (Å²) in [6, 6.07) is 8.20. The van der Waals surface area contributed by atoms with Crippen molar-refractivity contribution >= 4 is 28.4 Å². The Labute approximate surface area is 197 Å². The Morgan fingerprint density at radius 3 is 2.59 bits per heavy atom. The Kier molecular flexibility index (Phi) is 5.74. The Balaban J connectivity index is 1.47. The van der Waals surface area contributed by atoms with Crippen molar-refractivity contribution in [1.82, 2.24) is 24.6 Å². The SMILES string of the molecule is C#Cc1c(C)c(=O)n(Cc2cnoc2)c2nc(Nc3ccc(N4CCN(C)CC4)cc3)ncc12. The van der Waals surface area contributed by atoms with E-state index in [4.69, 9.17) is 10.9 Å². The molecule has 0 saturated carbocycles. The number of terminal acetylenes is 1. The smallest absolute Gasteiger partial charge is 0.256 e. The molecule has 0 amide bonds. The molecule has 1 aliphatic rings. The maximum Gasteiger partial charge on any atom is 0.256 e. The van der Waals surface area contributed by atoms with E-state index in [1.54, 1.807) is 23.9 Å². The highest BCUT2D eigenvalue weighted by atomic mass is 16.5. The fourth-order valence-corrected chi connectivity index (χ4v) is 4.19. The van der Waals surface area contributed by atoms with Crippen LogP contribution in [0.25, 0.3) is 11.0 Å². The predicted molar refractivity (Wildman–Crippen MR) is 132 cm³/mol. The molecule has 9 heteroatoms. The van der Waals surface area contributed by atoms with E-state index < -0.39 is 0 Å². The van der Waals surface area contributed by atoms with Crippen LogP contribution in [0, 0.1) is 19.3 Å². The molecule has 5 rings (SSSR count). The minimum absolute atomic E-state index is 0.206. The Bertz CT molecular complexity index is 1410. The van der Waals surface area contributed by atoms with Gasteiger partial charge in [0.05, 0.1) is 18.1 Å². The first-order valence-corrected chi connectivity index (χ1v) is 11.1. The van der Waals surface area contributed by atoms with Crippen molar-refractivity contribution in [1.29, 1.82) is 0 Å². The second-order valence-electron chi connectivity index (χ2n) is 8.46. The molecule has 9 nitrogen and oxygen atoms in total. The van der Waals surface area contributed by atoms with Gasteiger partial charge in [0.1, 0.15) is 11.9 Å². The number of hydrogen-bond donors (Lipinski definition) is 1. The quantitative estimate of drug-likeness (QED) is 0.459. The maximum absolute atomic E-state index is 13.1. The maximum atomic E-state index is 13.1. The molecule has 0 spiro atoms. The van der Waals surface area contributed by atoms with Gasteiger partial charge in [0.15, 0.2) is 0 Å². The van der Waals surface area contributed by atoms with E-state index in [1.807, 2.05) is 12.1 Å². The number of rotatable bonds is 5. The number of benzene rings is 1. The summed E-state index contributed by atoms with van der Waals surface area (Å²) >= 11 is 0. The second-order valence-corrected chi connectivity index (χ2v) is 8.46. The van der Waals surface area contributed by atoms with E-state index in [0.29, 0.717) is 28.1 Å². The van der Waals surface area contributed by atoms with Gasteiger partial charge in [-0.1, -0.05) is 11.1 Å². The molecule has 1 aromatic carbocycles. The zero-order valence-electron chi connectivity index (χ0n) is 19.2. The molecule has 0 aliphatic carbocycles. The van der Waals surface area contributed by atoms with Crippen molar-refractivity contribution in [2.75, 3.05) is 43.4 Å². The highest BCUT2D eigenvalue weighted by molar-refractivity contribution is 5.84. The van der Waals surface area contributed by atoms with Gasteiger partial charge in [-0.2, -0.15) is 4.98 Å². The highest BCUT2D eigenvalue weighted by Gasteiger charge is 2.17. The van der Waals surface area contributed by atoms with Gasteiger partial charge in [-0.25, -0.2) is 4.98 Å². The first-order chi connectivity index (χ1) is 16.5. The minimum atomic E-state index is -0.206. The lowest BCUT2D eigenvalue weighted by Gasteiger charge is -2.34. The van der Waals surface area contributed by atoms with E-state index >= 15 is 0 Å². The minimum Gasteiger partial charge on any atom is -0.369 e. The predicted octanol–water partition coefficient (Wildman–Crippen LogP) is 2.61. The number of anilines is 3. The third-order valence-electron chi connectivity index (χ3n) is 6.19. The van der Waals surface area contributed by atoms with Gasteiger partial charge in [-0.15, -0.1) is 6.42 Å². The number of likely N-dealkylation sites (N-methyl/N-ethyl adjacent to an activating group) is 1. The summed E-state index contributed by atoms with van der Waals surface area (Å²) in [5.74, 6) is 3.00. The molecule has 0 atom stereocenters. The van der Waals surface area contributed by atoms with Crippen LogP contribution in [-0.2, 0) is 6.54 Å². The lowest BCUT2D eigenvalue weighted by molar-refractivity contribution is 0.313. The number of hydrogen-bond acceptors (Lipinski definition) is 8. The van der Waals surface area contributed by atoms with Gasteiger partial charge >= 0.3 is 0 Å². The monoisotopic (exact) mass is 455 g/mol. The molecular formula is C25H25N7O2. The standard InChI is InChI=1S/C25H25N7O2/c1-4-21-17(2)24(33)32(15-18-13-27-34-16-18)23-22(21)14-26-25(29-23)28-19-5-7-20(8-6-19)31-11-9-30(3)10-12-31/h1,5-8,13-14,16H,9-12,15H2,2-3H3,(H,26,28,29). The van der Waals surface area contributed by atoms with Gasteiger partial charge in [-0.05, 0) is 38.2 Å². The molecule has 172 valence electrons. The molecule has 1 N–H and O–H groups in total. The van der Waals surface area contributed by atoms with Crippen molar-refractivity contribution in [3.63, 3.8) is 0 Å². The van der Waals surface area contributed by atoms with E-state index in [-0.39, 0.29) is 12.1 Å². The second kappa shape index (κ2) is 9.00. The largest absolute Gasteiger partial charge is 0.369 e. The molecule has 0 radical (unpaired) electrons. The molecule has 3 aromatic heterocycles. The fourth-order valence-electron chi connectivity index (χ4n) is 4.19. The number of nitrogens with one attached hydrogen (secondary N) is 1. The topological polar surface area (TPSA) is 92.3 Å². The van der Waals surface area contributed by atoms with Gasteiger partial charge < -0.3 is 19.6 Å². The lowest BCUT2D eigenvalue weighted by atomic mass is 10.1. The average molecular weight is 456 g/mol. The van der Waals surface area contributed by atoms with Crippen LogP contribution in [0.5, 0.6) is 0 Å². The van der Waals surface area contributed by atoms with E-state index in [0.717, 1.165) is 37.4 Å². The average Bonchev–Trinajstić information content (AvgIpc) is 3.37. The number of fused-ring (bicyclic) bond motifs is 1. The van der Waals surface area contributed by atoms with Crippen molar-refractivity contribution in [3.05, 3.63) is 70.0 Å². The van der Waals surface area contributed by atoms with Crippen molar-refractivity contribution in [2.24, 2.45) is 0 Å². The molecule has 0 unspecified atom stereocenters. The zero-order chi connectivity index (χ0) is 23.7. The van der Waals surface area contributed by atoms with Crippen molar-refractivity contribution in [3.8, 4) is 12.3 Å². The van der Waals surface area contributed by atoms with Crippen LogP contribution in [0.15, 0.2) is 52.2 Å². The molecule has 1 saturated heterocycles. The van der Waals surface area contributed by atoms with Crippen LogP contribution < -0.4 is 15.8 Å². The molecule has 1 aliphatic heterocycles. The molecule has 1 fully saturated rings. The first-order valence-electron chi connectivity index (χ1n) is 11.1. The molecule has 0 bridgehead atoms. The first kappa shape index (κ1) is 21.7. The summed E-state index contributed by atoms with van der Waals surface area (Å²) in [5, 5.41) is 7.62. The molecular weight excluding hydrogens is 430 g/mol. The van der Waals surface area contributed by atoms with Gasteiger partial charge in [-0.3, -0.25) is 9.36 Å². The van der Waals surface area contributed by atoms with E-state index in [1.165, 1.54) is 12.0 Å². The number of pyridine rings is 1. The van der Waals surface area contributed by atoms with Crippen LogP contribution in [0.3, 0.4) is 0 Å². The number of aromatic nitrogens is 4. The summed E-state index contributed by atoms with van der Waals surface area (Å²) in [7, 11) is 2.15. The van der Waals surface area contributed by atoms with Gasteiger partial charge in [0, 0.05) is 60.4 Å². The molecule has 4 heterocycles. The van der Waals surface area contributed by atoms with Crippen LogP contribution >= 0.6 is 0 Å². The Hall–Kier alpha value is -4.16. The third kappa shape index (κ3) is 4.11. The molecule has 34 heavy (non-hydrogen) atoms. The summed E-state index contributed by atoms with van der Waals surface area (Å²) in [5.41, 5.74) is 4.03. The van der Waals surface area contributed by atoms with Crippen LogP contribution in [0.2, 0.25) is 0 Å². The lowest BCUT2D eigenvalue weighted by Crippen LogP contribution is -2.44. The summed E-state index contributed by atoms with van der Waals surface area (Å²) in [6.45, 7) is 6.12. The Morgan fingerprint density at radius 1 is 1.15 bits per heavy atom. The van der Waals surface area contributed by atoms with Crippen LogP contribution in [-0.4, -0.2) is 57.8 Å². The number of piperazine rings is 1. The third-order valence-corrected chi connectivity index (χ3v) is 6.19. The van der Waals surface area contributed by atoms with E-state index in [2.05, 4.69) is 55.3 Å². The van der Waals surface area contributed by atoms with Crippen LogP contribution in [0.1, 0.15) is 16.7 Å². The Morgan fingerprint density at radius 2 is 1.91 bits per heavy atom.